The van der Waals surface area contributed by atoms with E-state index in [9.17, 15) is 9.18 Å². The zero-order valence-electron chi connectivity index (χ0n) is 15.2. The summed E-state index contributed by atoms with van der Waals surface area (Å²) in [6, 6.07) is 9.92. The molecule has 1 aromatic carbocycles. The van der Waals surface area contributed by atoms with Gasteiger partial charge in [-0.1, -0.05) is 23.9 Å². The van der Waals surface area contributed by atoms with Crippen LogP contribution in [0.15, 0.2) is 53.9 Å². The monoisotopic (exact) mass is 385 g/mol. The quantitative estimate of drug-likeness (QED) is 0.584. The summed E-state index contributed by atoms with van der Waals surface area (Å²) in [7, 11) is 1.74. The minimum atomic E-state index is -0.285. The molecule has 0 unspecified atom stereocenters. The largest absolute Gasteiger partial charge is 0.341 e. The highest BCUT2D eigenvalue weighted by Crippen LogP contribution is 2.23. The molecular weight excluding hydrogens is 365 g/mol. The molecule has 0 spiro atoms. The van der Waals surface area contributed by atoms with E-state index in [0.29, 0.717) is 18.2 Å². The number of halogens is 1. The minimum absolute atomic E-state index is 0.0274. The van der Waals surface area contributed by atoms with Gasteiger partial charge in [0.25, 0.3) is 0 Å². The molecule has 8 heteroatoms. The maximum Gasteiger partial charge on any atom is 0.233 e. The van der Waals surface area contributed by atoms with Crippen LogP contribution in [0.2, 0.25) is 0 Å². The molecule has 27 heavy (non-hydrogen) atoms. The molecule has 3 aromatic rings. The van der Waals surface area contributed by atoms with Crippen molar-refractivity contribution in [3.8, 4) is 11.4 Å². The van der Waals surface area contributed by atoms with Crippen LogP contribution in [-0.2, 0) is 17.9 Å². The van der Waals surface area contributed by atoms with Crippen molar-refractivity contribution in [1.29, 1.82) is 0 Å². The molecule has 0 radical (unpaired) electrons. The van der Waals surface area contributed by atoms with Crippen LogP contribution in [0.3, 0.4) is 0 Å². The van der Waals surface area contributed by atoms with Gasteiger partial charge in [0.2, 0.25) is 5.91 Å². The van der Waals surface area contributed by atoms with Crippen LogP contribution in [0, 0.1) is 5.82 Å². The average Bonchev–Trinajstić information content (AvgIpc) is 3.11. The zero-order chi connectivity index (χ0) is 19.2. The molecule has 3 rings (SSSR count). The first-order valence-electron chi connectivity index (χ1n) is 8.53. The Balaban J connectivity index is 1.63. The van der Waals surface area contributed by atoms with E-state index in [-0.39, 0.29) is 17.5 Å². The van der Waals surface area contributed by atoms with Crippen molar-refractivity contribution in [2.24, 2.45) is 0 Å². The number of rotatable bonds is 7. The number of hydrogen-bond acceptors (Lipinski definition) is 5. The summed E-state index contributed by atoms with van der Waals surface area (Å²) in [6.45, 7) is 3.15. The third kappa shape index (κ3) is 4.71. The summed E-state index contributed by atoms with van der Waals surface area (Å²) in [6.07, 6.45) is 3.43. The Morgan fingerprint density at radius 1 is 1.15 bits per heavy atom. The van der Waals surface area contributed by atoms with Crippen LogP contribution in [0.25, 0.3) is 11.4 Å². The Hall–Kier alpha value is -2.74. The van der Waals surface area contributed by atoms with E-state index in [1.807, 2.05) is 23.6 Å². The number of carbonyl (C=O) groups excluding carboxylic acids is 1. The Morgan fingerprint density at radius 2 is 1.85 bits per heavy atom. The second-order valence-electron chi connectivity index (χ2n) is 5.95. The molecule has 0 saturated carbocycles. The predicted octanol–water partition coefficient (Wildman–Crippen LogP) is 3.25. The Labute approximate surface area is 161 Å². The number of thioether (sulfide) groups is 1. The predicted molar refractivity (Wildman–Crippen MR) is 103 cm³/mol. The van der Waals surface area contributed by atoms with Crippen molar-refractivity contribution in [2.75, 3.05) is 12.8 Å². The number of hydrogen-bond donors (Lipinski definition) is 0. The van der Waals surface area contributed by atoms with E-state index in [2.05, 4.69) is 15.2 Å². The zero-order valence-corrected chi connectivity index (χ0v) is 16.0. The molecule has 1 amide bonds. The van der Waals surface area contributed by atoms with E-state index >= 15 is 0 Å². The van der Waals surface area contributed by atoms with E-state index in [0.717, 1.165) is 17.0 Å². The summed E-state index contributed by atoms with van der Waals surface area (Å²) >= 11 is 1.36. The topological polar surface area (TPSA) is 63.9 Å². The Morgan fingerprint density at radius 3 is 2.52 bits per heavy atom. The molecule has 0 aliphatic rings. The van der Waals surface area contributed by atoms with Gasteiger partial charge in [0.1, 0.15) is 5.82 Å². The summed E-state index contributed by atoms with van der Waals surface area (Å²) in [5.74, 6) is 0.703. The number of pyridine rings is 1. The second-order valence-corrected chi connectivity index (χ2v) is 6.89. The molecule has 0 aliphatic carbocycles. The normalized spacial score (nSPS) is 10.8. The molecule has 140 valence electrons. The molecule has 2 aromatic heterocycles. The van der Waals surface area contributed by atoms with Gasteiger partial charge in [-0.25, -0.2) is 4.39 Å². The lowest BCUT2D eigenvalue weighted by Gasteiger charge is -2.17. The van der Waals surface area contributed by atoms with Gasteiger partial charge < -0.3 is 9.47 Å². The lowest BCUT2D eigenvalue weighted by atomic mass is 10.2. The summed E-state index contributed by atoms with van der Waals surface area (Å²) in [5.41, 5.74) is 1.82. The molecule has 0 fully saturated rings. The van der Waals surface area contributed by atoms with Gasteiger partial charge in [0.05, 0.1) is 5.75 Å². The SMILES string of the molecule is CCn1c(SCC(=O)N(C)Cc2ccc(F)cc2)nnc1-c1ccncc1. The first-order chi connectivity index (χ1) is 13.1. The molecule has 2 heterocycles. The van der Waals surface area contributed by atoms with Crippen LogP contribution in [0.1, 0.15) is 12.5 Å². The Kier molecular flexibility index (Phi) is 6.18. The van der Waals surface area contributed by atoms with Crippen LogP contribution in [-0.4, -0.2) is 43.4 Å². The van der Waals surface area contributed by atoms with Gasteiger partial charge in [0, 0.05) is 38.1 Å². The second kappa shape index (κ2) is 8.77. The van der Waals surface area contributed by atoms with Crippen molar-refractivity contribution < 1.29 is 9.18 Å². The fraction of sp³-hybridized carbons (Fsp3) is 0.263. The van der Waals surface area contributed by atoms with Crippen LogP contribution >= 0.6 is 11.8 Å². The van der Waals surface area contributed by atoms with E-state index < -0.39 is 0 Å². The summed E-state index contributed by atoms with van der Waals surface area (Å²) in [5, 5.41) is 9.19. The van der Waals surface area contributed by atoms with Crippen LogP contribution in [0.5, 0.6) is 0 Å². The Bertz CT molecular complexity index is 898. The molecule has 0 bridgehead atoms. The highest BCUT2D eigenvalue weighted by atomic mass is 32.2. The number of aromatic nitrogens is 4. The van der Waals surface area contributed by atoms with Gasteiger partial charge in [-0.3, -0.25) is 9.78 Å². The van der Waals surface area contributed by atoms with Crippen molar-refractivity contribution in [2.45, 2.75) is 25.2 Å². The smallest absolute Gasteiger partial charge is 0.233 e. The van der Waals surface area contributed by atoms with Gasteiger partial charge in [0.15, 0.2) is 11.0 Å². The average molecular weight is 385 g/mol. The maximum absolute atomic E-state index is 13.0. The maximum atomic E-state index is 13.0. The number of amides is 1. The van der Waals surface area contributed by atoms with E-state index in [1.165, 1.54) is 23.9 Å². The molecule has 0 aliphatic heterocycles. The van der Waals surface area contributed by atoms with Crippen LogP contribution < -0.4 is 0 Å². The molecule has 0 atom stereocenters. The van der Waals surface area contributed by atoms with Crippen molar-refractivity contribution in [1.82, 2.24) is 24.6 Å². The highest BCUT2D eigenvalue weighted by molar-refractivity contribution is 7.99. The lowest BCUT2D eigenvalue weighted by molar-refractivity contribution is -0.127. The lowest BCUT2D eigenvalue weighted by Crippen LogP contribution is -2.27. The van der Waals surface area contributed by atoms with Crippen molar-refractivity contribution in [3.63, 3.8) is 0 Å². The molecular formula is C19H20FN5OS. The molecule has 6 nitrogen and oxygen atoms in total. The molecule has 0 saturated heterocycles. The summed E-state index contributed by atoms with van der Waals surface area (Å²) < 4.78 is 15.0. The van der Waals surface area contributed by atoms with Gasteiger partial charge in [-0.05, 0) is 36.8 Å². The third-order valence-corrected chi connectivity index (χ3v) is 5.01. The number of benzene rings is 1. The minimum Gasteiger partial charge on any atom is -0.341 e. The molecule has 0 N–H and O–H groups in total. The van der Waals surface area contributed by atoms with E-state index in [4.69, 9.17) is 0 Å². The van der Waals surface area contributed by atoms with Gasteiger partial charge in [-0.15, -0.1) is 10.2 Å². The number of nitrogens with zero attached hydrogens (tertiary/aromatic N) is 5. The first kappa shape index (κ1) is 19.0. The van der Waals surface area contributed by atoms with Crippen molar-refractivity contribution in [3.05, 3.63) is 60.2 Å². The van der Waals surface area contributed by atoms with E-state index in [1.54, 1.807) is 36.5 Å². The van der Waals surface area contributed by atoms with Crippen LogP contribution in [0.4, 0.5) is 4.39 Å². The first-order valence-corrected chi connectivity index (χ1v) is 9.52. The van der Waals surface area contributed by atoms with Gasteiger partial charge in [-0.2, -0.15) is 0 Å². The summed E-state index contributed by atoms with van der Waals surface area (Å²) in [4.78, 5) is 18.1. The standard InChI is InChI=1S/C19H20FN5OS/c1-3-25-18(15-8-10-21-11-9-15)22-23-19(25)27-13-17(26)24(2)12-14-4-6-16(20)7-5-14/h4-11H,3,12-13H2,1-2H3. The fourth-order valence-electron chi connectivity index (χ4n) is 2.58. The number of carbonyl (C=O) groups is 1. The third-order valence-electron chi connectivity index (χ3n) is 4.06. The van der Waals surface area contributed by atoms with Crippen molar-refractivity contribution >= 4 is 17.7 Å². The highest BCUT2D eigenvalue weighted by Gasteiger charge is 2.16. The van der Waals surface area contributed by atoms with Gasteiger partial charge >= 0.3 is 0 Å². The fourth-order valence-corrected chi connectivity index (χ4v) is 3.53.